The first-order chi connectivity index (χ1) is 21.7. The van der Waals surface area contributed by atoms with E-state index in [-0.39, 0.29) is 37.4 Å². The van der Waals surface area contributed by atoms with Gasteiger partial charge in [-0.3, -0.25) is 14.4 Å². The lowest BCUT2D eigenvalue weighted by Crippen LogP contribution is -2.35. The molecule has 4 aromatic carbocycles. The van der Waals surface area contributed by atoms with Crippen LogP contribution in [0.25, 0.3) is 11.1 Å². The second-order valence-corrected chi connectivity index (χ2v) is 10.8. The van der Waals surface area contributed by atoms with Crippen molar-refractivity contribution >= 4 is 17.8 Å². The Labute approximate surface area is 264 Å². The van der Waals surface area contributed by atoms with Gasteiger partial charge in [0.05, 0.1) is 26.2 Å². The van der Waals surface area contributed by atoms with Crippen molar-refractivity contribution in [1.82, 2.24) is 10.2 Å². The molecular weight excluding hydrogens is 568 g/mol. The summed E-state index contributed by atoms with van der Waals surface area (Å²) in [7, 11) is 1.57. The van der Waals surface area contributed by atoms with Gasteiger partial charge in [0.25, 0.3) is 11.8 Å². The molecule has 0 aliphatic rings. The Bertz CT molecular complexity index is 1630. The second kappa shape index (κ2) is 15.6. The third kappa shape index (κ3) is 8.50. The molecule has 1 atom stereocenters. The second-order valence-electron chi connectivity index (χ2n) is 10.8. The smallest absolute Gasteiger partial charge is 0.305 e. The van der Waals surface area contributed by atoms with Crippen LogP contribution in [0.2, 0.25) is 0 Å². The number of hydrogen-bond donors (Lipinski definition) is 2. The maximum atomic E-state index is 14.1. The average molecular weight is 609 g/mol. The molecule has 8 nitrogen and oxygen atoms in total. The number of nitrogens with one attached hydrogen (secondary N) is 1. The topological polar surface area (TPSA) is 105 Å². The summed E-state index contributed by atoms with van der Waals surface area (Å²) in [6.45, 7) is 6.67. The molecule has 0 fully saturated rings. The van der Waals surface area contributed by atoms with Crippen LogP contribution >= 0.6 is 0 Å². The predicted molar refractivity (Wildman–Crippen MR) is 175 cm³/mol. The highest BCUT2D eigenvalue weighted by atomic mass is 16.5. The lowest BCUT2D eigenvalue weighted by Gasteiger charge is -2.24. The van der Waals surface area contributed by atoms with Crippen LogP contribution in [0.1, 0.15) is 63.7 Å². The first kappa shape index (κ1) is 32.8. The monoisotopic (exact) mass is 608 g/mol. The summed E-state index contributed by atoms with van der Waals surface area (Å²) in [5.41, 5.74) is 5.08. The number of rotatable bonds is 14. The summed E-state index contributed by atoms with van der Waals surface area (Å²) < 4.78 is 11.1. The van der Waals surface area contributed by atoms with Crippen molar-refractivity contribution in [2.75, 3.05) is 26.8 Å². The number of carboxylic acids is 1. The number of carboxylic acid groups (broad SMARTS) is 1. The Hall–Kier alpha value is -5.11. The maximum absolute atomic E-state index is 14.1. The molecule has 0 radical (unpaired) electrons. The predicted octanol–water partition coefficient (Wildman–Crippen LogP) is 6.72. The molecule has 45 heavy (non-hydrogen) atoms. The largest absolute Gasteiger partial charge is 0.493 e. The van der Waals surface area contributed by atoms with Gasteiger partial charge in [-0.2, -0.15) is 0 Å². The lowest BCUT2D eigenvalue weighted by molar-refractivity contribution is -0.137. The van der Waals surface area contributed by atoms with Gasteiger partial charge >= 0.3 is 5.97 Å². The van der Waals surface area contributed by atoms with Gasteiger partial charge < -0.3 is 24.8 Å². The number of aliphatic carboxylic acids is 1. The normalized spacial score (nSPS) is 11.4. The van der Waals surface area contributed by atoms with Gasteiger partial charge in [-0.05, 0) is 73.7 Å². The summed E-state index contributed by atoms with van der Waals surface area (Å²) >= 11 is 0. The summed E-state index contributed by atoms with van der Waals surface area (Å²) in [4.78, 5) is 40.7. The fraction of sp³-hybridized carbons (Fsp3) is 0.270. The van der Waals surface area contributed by atoms with Gasteiger partial charge in [-0.15, -0.1) is 0 Å². The van der Waals surface area contributed by atoms with Gasteiger partial charge in [-0.25, -0.2) is 0 Å². The third-order valence-corrected chi connectivity index (χ3v) is 7.63. The van der Waals surface area contributed by atoms with Crippen molar-refractivity contribution in [3.05, 3.63) is 119 Å². The van der Waals surface area contributed by atoms with Crippen molar-refractivity contribution < 1.29 is 29.0 Å². The minimum atomic E-state index is -0.992. The number of carbonyl (C=O) groups is 3. The summed E-state index contributed by atoms with van der Waals surface area (Å²) in [5, 5.41) is 12.5. The molecule has 8 heteroatoms. The Morgan fingerprint density at radius 2 is 1.49 bits per heavy atom. The molecule has 2 amide bonds. The van der Waals surface area contributed by atoms with Crippen LogP contribution in [0.3, 0.4) is 0 Å². The first-order valence-corrected chi connectivity index (χ1v) is 15.1. The van der Waals surface area contributed by atoms with E-state index in [4.69, 9.17) is 9.47 Å². The van der Waals surface area contributed by atoms with Crippen molar-refractivity contribution in [1.29, 1.82) is 0 Å². The Balaban J connectivity index is 1.61. The number of amides is 2. The van der Waals surface area contributed by atoms with Crippen LogP contribution in [0.4, 0.5) is 0 Å². The van der Waals surface area contributed by atoms with Crippen molar-refractivity contribution in [2.45, 2.75) is 39.7 Å². The van der Waals surface area contributed by atoms with Gasteiger partial charge in [0.1, 0.15) is 0 Å². The third-order valence-electron chi connectivity index (χ3n) is 7.63. The Kier molecular flexibility index (Phi) is 11.3. The number of aryl methyl sites for hydroxylation is 1. The standard InChI is InChI=1S/C37H40N2O6/c1-5-45-33-19-16-27(24-34(33)44-4)20-22-39(23-21-35(40)41)37(43)32-13-9-7-11-30(32)29-10-6-8-12-31(29)36(42)38-26(3)28-17-14-25(2)15-18-28/h6-19,24,26H,5,20-23H2,1-4H3,(H,38,42)(H,40,41)/t26-/m1/s1. The Morgan fingerprint density at radius 3 is 2.13 bits per heavy atom. The molecule has 0 aliphatic heterocycles. The van der Waals surface area contributed by atoms with E-state index in [9.17, 15) is 19.5 Å². The number of hydrogen-bond acceptors (Lipinski definition) is 5. The van der Waals surface area contributed by atoms with Crippen LogP contribution in [0.15, 0.2) is 91.0 Å². The van der Waals surface area contributed by atoms with Gasteiger partial charge in [0.2, 0.25) is 0 Å². The van der Waals surface area contributed by atoms with E-state index in [1.165, 1.54) is 0 Å². The molecule has 0 aromatic heterocycles. The molecule has 0 spiro atoms. The van der Waals surface area contributed by atoms with Gasteiger partial charge in [0.15, 0.2) is 11.5 Å². The number of nitrogens with zero attached hydrogens (tertiary/aromatic N) is 1. The number of methoxy groups -OCH3 is 1. The van der Waals surface area contributed by atoms with Crippen molar-refractivity contribution in [3.63, 3.8) is 0 Å². The quantitative estimate of drug-likeness (QED) is 0.165. The molecule has 0 heterocycles. The molecule has 0 aliphatic carbocycles. The number of benzene rings is 4. The van der Waals surface area contributed by atoms with Crippen LogP contribution in [-0.4, -0.2) is 54.6 Å². The summed E-state index contributed by atoms with van der Waals surface area (Å²) in [6, 6.07) is 27.7. The van der Waals surface area contributed by atoms with Crippen LogP contribution in [-0.2, 0) is 11.2 Å². The first-order valence-electron chi connectivity index (χ1n) is 15.1. The molecule has 0 unspecified atom stereocenters. The lowest BCUT2D eigenvalue weighted by atomic mass is 9.94. The maximum Gasteiger partial charge on any atom is 0.305 e. The fourth-order valence-electron chi connectivity index (χ4n) is 5.16. The van der Waals surface area contributed by atoms with E-state index in [1.807, 2.05) is 87.5 Å². The van der Waals surface area contributed by atoms with E-state index < -0.39 is 5.97 Å². The zero-order chi connectivity index (χ0) is 32.3. The van der Waals surface area contributed by atoms with E-state index >= 15 is 0 Å². The highest BCUT2D eigenvalue weighted by Crippen LogP contribution is 2.30. The van der Waals surface area contributed by atoms with E-state index in [1.54, 1.807) is 36.3 Å². The SMILES string of the molecule is CCOc1ccc(CCN(CCC(=O)O)C(=O)c2ccccc2-c2ccccc2C(=O)N[C@H](C)c2ccc(C)cc2)cc1OC. The van der Waals surface area contributed by atoms with Crippen LogP contribution in [0, 0.1) is 6.92 Å². The summed E-state index contributed by atoms with van der Waals surface area (Å²) in [6.07, 6.45) is 0.280. The van der Waals surface area contributed by atoms with Crippen LogP contribution in [0.5, 0.6) is 11.5 Å². The Morgan fingerprint density at radius 1 is 0.844 bits per heavy atom. The summed E-state index contributed by atoms with van der Waals surface area (Å²) in [5.74, 6) is -0.336. The zero-order valence-electron chi connectivity index (χ0n) is 26.2. The van der Waals surface area contributed by atoms with E-state index in [0.29, 0.717) is 46.8 Å². The molecule has 4 rings (SSSR count). The zero-order valence-corrected chi connectivity index (χ0v) is 26.2. The fourth-order valence-corrected chi connectivity index (χ4v) is 5.16. The average Bonchev–Trinajstić information content (AvgIpc) is 3.05. The minimum absolute atomic E-state index is 0.0346. The molecule has 0 saturated heterocycles. The molecular formula is C37H40N2O6. The van der Waals surface area contributed by atoms with E-state index in [0.717, 1.165) is 16.7 Å². The molecule has 2 N–H and O–H groups in total. The molecule has 0 saturated carbocycles. The van der Waals surface area contributed by atoms with Gasteiger partial charge in [0, 0.05) is 24.2 Å². The van der Waals surface area contributed by atoms with Crippen molar-refractivity contribution in [3.8, 4) is 22.6 Å². The molecule has 234 valence electrons. The highest BCUT2D eigenvalue weighted by molar-refractivity contribution is 6.06. The van der Waals surface area contributed by atoms with E-state index in [2.05, 4.69) is 5.32 Å². The van der Waals surface area contributed by atoms with Crippen LogP contribution < -0.4 is 14.8 Å². The highest BCUT2D eigenvalue weighted by Gasteiger charge is 2.23. The number of ether oxygens (including phenoxy) is 2. The van der Waals surface area contributed by atoms with Gasteiger partial charge in [-0.1, -0.05) is 72.3 Å². The molecule has 4 aromatic rings. The van der Waals surface area contributed by atoms with Crippen molar-refractivity contribution in [2.24, 2.45) is 0 Å². The molecule has 0 bridgehead atoms. The minimum Gasteiger partial charge on any atom is -0.493 e. The number of carbonyl (C=O) groups excluding carboxylic acids is 2.